The molecule has 0 amide bonds. The van der Waals surface area contributed by atoms with Crippen LogP contribution in [0.5, 0.6) is 0 Å². The number of amidine groups is 1. The minimum absolute atomic E-state index is 0.293. The molecule has 0 saturated heterocycles. The van der Waals surface area contributed by atoms with Crippen LogP contribution < -0.4 is 5.73 Å². The van der Waals surface area contributed by atoms with Gasteiger partial charge in [-0.2, -0.15) is 0 Å². The summed E-state index contributed by atoms with van der Waals surface area (Å²) < 4.78 is 1.09. The van der Waals surface area contributed by atoms with E-state index in [0.29, 0.717) is 17.7 Å². The highest BCUT2D eigenvalue weighted by Crippen LogP contribution is 2.47. The fourth-order valence-corrected chi connectivity index (χ4v) is 1.88. The van der Waals surface area contributed by atoms with Gasteiger partial charge in [-0.3, -0.25) is 5.41 Å². The van der Waals surface area contributed by atoms with Crippen molar-refractivity contribution in [2.24, 2.45) is 11.7 Å². The van der Waals surface area contributed by atoms with E-state index < -0.39 is 0 Å². The summed E-state index contributed by atoms with van der Waals surface area (Å²) in [5.74, 6) is 1.11. The second-order valence-corrected chi connectivity index (χ2v) is 4.37. The molecule has 68 valence electrons. The van der Waals surface area contributed by atoms with Crippen molar-refractivity contribution in [3.63, 3.8) is 0 Å². The van der Waals surface area contributed by atoms with Crippen LogP contribution in [-0.2, 0) is 0 Å². The fraction of sp³-hybridized carbons (Fsp3) is 0.300. The molecule has 1 saturated carbocycles. The van der Waals surface area contributed by atoms with Crippen LogP contribution in [-0.4, -0.2) is 5.84 Å². The first kappa shape index (κ1) is 8.75. The molecule has 0 bridgehead atoms. The van der Waals surface area contributed by atoms with Gasteiger partial charge in [-0.15, -0.1) is 0 Å². The predicted molar refractivity (Wildman–Crippen MR) is 56.9 cm³/mol. The lowest BCUT2D eigenvalue weighted by Gasteiger charge is -1.99. The molecule has 3 N–H and O–H groups in total. The summed E-state index contributed by atoms with van der Waals surface area (Å²) in [6.07, 6.45) is 1.04. The van der Waals surface area contributed by atoms with Gasteiger partial charge in [-0.25, -0.2) is 0 Å². The van der Waals surface area contributed by atoms with Crippen LogP contribution in [0.4, 0.5) is 0 Å². The average Bonchev–Trinajstić information content (AvgIpc) is 2.85. The Morgan fingerprint density at radius 1 is 1.38 bits per heavy atom. The maximum absolute atomic E-state index is 7.30. The van der Waals surface area contributed by atoms with Crippen molar-refractivity contribution in [3.8, 4) is 0 Å². The van der Waals surface area contributed by atoms with Gasteiger partial charge in [-0.1, -0.05) is 28.1 Å². The van der Waals surface area contributed by atoms with Gasteiger partial charge in [0.2, 0.25) is 0 Å². The maximum atomic E-state index is 7.30. The van der Waals surface area contributed by atoms with E-state index in [1.165, 1.54) is 5.56 Å². The van der Waals surface area contributed by atoms with Crippen LogP contribution in [0.1, 0.15) is 17.9 Å². The summed E-state index contributed by atoms with van der Waals surface area (Å²) in [7, 11) is 0. The molecule has 1 aromatic rings. The van der Waals surface area contributed by atoms with Gasteiger partial charge in [0.15, 0.2) is 0 Å². The normalized spacial score (nSPS) is 25.6. The maximum Gasteiger partial charge on any atom is 0.0943 e. The summed E-state index contributed by atoms with van der Waals surface area (Å²) in [5, 5.41) is 7.30. The van der Waals surface area contributed by atoms with Gasteiger partial charge in [-0.05, 0) is 30.0 Å². The van der Waals surface area contributed by atoms with Crippen LogP contribution in [0.15, 0.2) is 28.7 Å². The fourth-order valence-electron chi connectivity index (χ4n) is 1.62. The zero-order chi connectivity index (χ0) is 9.42. The van der Waals surface area contributed by atoms with E-state index in [4.69, 9.17) is 11.1 Å². The first-order valence-corrected chi connectivity index (χ1v) is 5.07. The molecule has 0 aromatic heterocycles. The van der Waals surface area contributed by atoms with E-state index in [2.05, 4.69) is 28.1 Å². The minimum atomic E-state index is 0.293. The van der Waals surface area contributed by atoms with Crippen LogP contribution >= 0.6 is 15.9 Å². The Balaban J connectivity index is 2.12. The van der Waals surface area contributed by atoms with Gasteiger partial charge < -0.3 is 5.73 Å². The van der Waals surface area contributed by atoms with Crippen molar-refractivity contribution in [1.82, 2.24) is 0 Å². The summed E-state index contributed by atoms with van der Waals surface area (Å²) >= 11 is 3.39. The molecule has 0 spiro atoms. The highest BCUT2D eigenvalue weighted by atomic mass is 79.9. The largest absolute Gasteiger partial charge is 0.387 e. The smallest absolute Gasteiger partial charge is 0.0943 e. The Kier molecular flexibility index (Phi) is 2.12. The number of hydrogen-bond donors (Lipinski definition) is 2. The molecule has 2 nitrogen and oxygen atoms in total. The molecule has 1 aliphatic rings. The van der Waals surface area contributed by atoms with E-state index in [0.717, 1.165) is 10.9 Å². The highest BCUT2D eigenvalue weighted by molar-refractivity contribution is 9.10. The number of benzene rings is 1. The molecule has 13 heavy (non-hydrogen) atoms. The first-order chi connectivity index (χ1) is 6.18. The Bertz CT molecular complexity index is 331. The topological polar surface area (TPSA) is 49.9 Å². The van der Waals surface area contributed by atoms with E-state index in [1.807, 2.05) is 12.1 Å². The molecule has 2 atom stereocenters. The summed E-state index contributed by atoms with van der Waals surface area (Å²) in [5.41, 5.74) is 6.72. The summed E-state index contributed by atoms with van der Waals surface area (Å²) in [6.45, 7) is 0. The molecule has 2 rings (SSSR count). The summed E-state index contributed by atoms with van der Waals surface area (Å²) in [4.78, 5) is 0. The average molecular weight is 239 g/mol. The van der Waals surface area contributed by atoms with E-state index >= 15 is 0 Å². The van der Waals surface area contributed by atoms with Crippen LogP contribution in [0.25, 0.3) is 0 Å². The third-order valence-corrected chi connectivity index (χ3v) is 3.02. The zero-order valence-corrected chi connectivity index (χ0v) is 8.71. The van der Waals surface area contributed by atoms with Gasteiger partial charge in [0.25, 0.3) is 0 Å². The van der Waals surface area contributed by atoms with Crippen molar-refractivity contribution in [2.45, 2.75) is 12.3 Å². The molecule has 0 unspecified atom stereocenters. The van der Waals surface area contributed by atoms with Crippen molar-refractivity contribution in [1.29, 1.82) is 5.41 Å². The van der Waals surface area contributed by atoms with Crippen LogP contribution in [0, 0.1) is 11.3 Å². The molecule has 1 aliphatic carbocycles. The first-order valence-electron chi connectivity index (χ1n) is 4.28. The second-order valence-electron chi connectivity index (χ2n) is 3.46. The summed E-state index contributed by atoms with van der Waals surface area (Å²) in [6, 6.07) is 8.26. The number of hydrogen-bond acceptors (Lipinski definition) is 1. The third-order valence-electron chi connectivity index (χ3n) is 2.49. The number of nitrogens with two attached hydrogens (primary N) is 1. The Morgan fingerprint density at radius 2 is 2.00 bits per heavy atom. The number of nitrogens with one attached hydrogen (secondary N) is 1. The van der Waals surface area contributed by atoms with Crippen molar-refractivity contribution < 1.29 is 0 Å². The highest BCUT2D eigenvalue weighted by Gasteiger charge is 2.40. The van der Waals surface area contributed by atoms with Gasteiger partial charge in [0.05, 0.1) is 5.84 Å². The number of rotatable bonds is 2. The van der Waals surface area contributed by atoms with Crippen LogP contribution in [0.3, 0.4) is 0 Å². The molecule has 0 heterocycles. The SMILES string of the molecule is N=C(N)[C@H]1C[C@@H]1c1ccc(Br)cc1. The molecule has 1 fully saturated rings. The Labute approximate surface area is 85.8 Å². The van der Waals surface area contributed by atoms with E-state index in [1.54, 1.807) is 0 Å². The van der Waals surface area contributed by atoms with Gasteiger partial charge in [0, 0.05) is 10.4 Å². The van der Waals surface area contributed by atoms with E-state index in [9.17, 15) is 0 Å². The van der Waals surface area contributed by atoms with Gasteiger partial charge in [0.1, 0.15) is 0 Å². The third kappa shape index (κ3) is 1.75. The molecule has 3 heteroatoms. The Hall–Kier alpha value is -0.830. The minimum Gasteiger partial charge on any atom is -0.387 e. The van der Waals surface area contributed by atoms with Crippen molar-refractivity contribution >= 4 is 21.8 Å². The molecule has 0 radical (unpaired) electrons. The quantitative estimate of drug-likeness (QED) is 0.604. The predicted octanol–water partition coefficient (Wildman–Crippen LogP) is 2.49. The molecule has 0 aliphatic heterocycles. The molecular formula is C10H11BrN2. The Morgan fingerprint density at radius 3 is 2.46 bits per heavy atom. The molecular weight excluding hydrogens is 228 g/mol. The lowest BCUT2D eigenvalue weighted by Crippen LogP contribution is -2.12. The zero-order valence-electron chi connectivity index (χ0n) is 7.13. The lowest BCUT2D eigenvalue weighted by molar-refractivity contribution is 1.03. The number of halogens is 1. The van der Waals surface area contributed by atoms with Crippen molar-refractivity contribution in [3.05, 3.63) is 34.3 Å². The second kappa shape index (κ2) is 3.14. The lowest BCUT2D eigenvalue weighted by atomic mass is 10.1. The monoisotopic (exact) mass is 238 g/mol. The van der Waals surface area contributed by atoms with Crippen molar-refractivity contribution in [2.75, 3.05) is 0 Å². The van der Waals surface area contributed by atoms with Crippen LogP contribution in [0.2, 0.25) is 0 Å². The van der Waals surface area contributed by atoms with E-state index in [-0.39, 0.29) is 0 Å². The molecule has 1 aromatic carbocycles. The van der Waals surface area contributed by atoms with Gasteiger partial charge >= 0.3 is 0 Å². The standard InChI is InChI=1S/C10H11BrN2/c11-7-3-1-6(2-4-7)8-5-9(8)10(12)13/h1-4,8-9H,5H2,(H3,12,13)/t8-,9+/m1/s1.